The third-order valence-electron chi connectivity index (χ3n) is 3.65. The first kappa shape index (κ1) is 12.0. The number of carboxylic acid groups (broad SMARTS) is 1. The van der Waals surface area contributed by atoms with Crippen molar-refractivity contribution in [2.45, 2.75) is 25.3 Å². The van der Waals surface area contributed by atoms with Crippen molar-refractivity contribution in [2.75, 3.05) is 13.2 Å². The minimum atomic E-state index is -0.805. The van der Waals surface area contributed by atoms with Gasteiger partial charge in [-0.1, -0.05) is 12.7 Å². The van der Waals surface area contributed by atoms with E-state index in [1.165, 1.54) is 6.08 Å². The van der Waals surface area contributed by atoms with Crippen LogP contribution in [0, 0.1) is 11.8 Å². The molecule has 3 fully saturated rings. The quantitative estimate of drug-likeness (QED) is 0.758. The third-order valence-corrected chi connectivity index (χ3v) is 3.65. The van der Waals surface area contributed by atoms with Gasteiger partial charge in [0.25, 0.3) is 0 Å². The van der Waals surface area contributed by atoms with Crippen LogP contribution in [0.15, 0.2) is 12.7 Å². The van der Waals surface area contributed by atoms with Crippen LogP contribution in [0.2, 0.25) is 0 Å². The summed E-state index contributed by atoms with van der Waals surface area (Å²) in [5.74, 6) is -0.933. The summed E-state index contributed by atoms with van der Waals surface area (Å²) in [4.78, 5) is 24.5. The van der Waals surface area contributed by atoms with Crippen LogP contribution in [0.3, 0.4) is 0 Å². The van der Waals surface area contributed by atoms with E-state index in [9.17, 15) is 9.59 Å². The van der Waals surface area contributed by atoms with Crippen LogP contribution >= 0.6 is 0 Å². The second-order valence-corrected chi connectivity index (χ2v) is 4.71. The van der Waals surface area contributed by atoms with Gasteiger partial charge in [-0.3, -0.25) is 4.79 Å². The van der Waals surface area contributed by atoms with Crippen LogP contribution in [-0.2, 0) is 9.53 Å². The molecule has 0 aromatic rings. The van der Waals surface area contributed by atoms with E-state index in [0.717, 1.165) is 12.8 Å². The molecule has 5 nitrogen and oxygen atoms in total. The van der Waals surface area contributed by atoms with Crippen LogP contribution in [-0.4, -0.2) is 41.3 Å². The highest BCUT2D eigenvalue weighted by Crippen LogP contribution is 2.39. The monoisotopic (exact) mass is 239 g/mol. The Labute approximate surface area is 100 Å². The number of fused-ring (bicyclic) bond motifs is 3. The van der Waals surface area contributed by atoms with Gasteiger partial charge in [0.15, 0.2) is 0 Å². The fraction of sp³-hybridized carbons (Fsp3) is 0.667. The van der Waals surface area contributed by atoms with Crippen molar-refractivity contribution in [2.24, 2.45) is 11.8 Å². The molecule has 94 valence electrons. The van der Waals surface area contributed by atoms with E-state index in [1.807, 2.05) is 0 Å². The average molecular weight is 239 g/mol. The SMILES string of the molecule is C=CCOC(=O)N1C[C@@H]2CC[C@H]1[C@H](C(=O)O)C2. The topological polar surface area (TPSA) is 66.8 Å². The summed E-state index contributed by atoms with van der Waals surface area (Å²) in [6.07, 6.45) is 3.57. The number of carbonyl (C=O) groups excluding carboxylic acids is 1. The molecule has 2 bridgehead atoms. The summed E-state index contributed by atoms with van der Waals surface area (Å²) in [5, 5.41) is 9.14. The van der Waals surface area contributed by atoms with Crippen molar-refractivity contribution in [3.05, 3.63) is 12.7 Å². The number of rotatable bonds is 3. The first-order chi connectivity index (χ1) is 8.13. The molecule has 3 atom stereocenters. The fourth-order valence-electron chi connectivity index (χ4n) is 2.88. The van der Waals surface area contributed by atoms with Gasteiger partial charge in [-0.15, -0.1) is 0 Å². The summed E-state index contributed by atoms with van der Waals surface area (Å²) in [6.45, 7) is 4.28. The summed E-state index contributed by atoms with van der Waals surface area (Å²) >= 11 is 0. The lowest BCUT2D eigenvalue weighted by molar-refractivity contribution is -0.149. The van der Waals surface area contributed by atoms with Crippen molar-refractivity contribution < 1.29 is 19.4 Å². The Balaban J connectivity index is 2.06. The zero-order chi connectivity index (χ0) is 12.4. The maximum Gasteiger partial charge on any atom is 0.410 e. The van der Waals surface area contributed by atoms with Crippen molar-refractivity contribution >= 4 is 12.1 Å². The number of amides is 1. The third kappa shape index (κ3) is 2.28. The maximum atomic E-state index is 11.8. The van der Waals surface area contributed by atoms with Gasteiger partial charge in [-0.25, -0.2) is 4.79 Å². The molecule has 2 aliphatic heterocycles. The molecule has 0 aromatic heterocycles. The molecular weight excluding hydrogens is 222 g/mol. The molecule has 3 rings (SSSR count). The van der Waals surface area contributed by atoms with Gasteiger partial charge in [0.05, 0.1) is 5.92 Å². The minimum Gasteiger partial charge on any atom is -0.481 e. The van der Waals surface area contributed by atoms with Gasteiger partial charge in [-0.2, -0.15) is 0 Å². The van der Waals surface area contributed by atoms with Gasteiger partial charge < -0.3 is 14.7 Å². The highest BCUT2D eigenvalue weighted by atomic mass is 16.6. The average Bonchev–Trinajstić information content (AvgIpc) is 2.36. The number of carbonyl (C=O) groups is 2. The minimum absolute atomic E-state index is 0.171. The van der Waals surface area contributed by atoms with Crippen LogP contribution < -0.4 is 0 Å². The van der Waals surface area contributed by atoms with E-state index in [0.29, 0.717) is 18.9 Å². The maximum absolute atomic E-state index is 11.8. The second kappa shape index (κ2) is 4.77. The van der Waals surface area contributed by atoms with Crippen LogP contribution in [0.4, 0.5) is 4.79 Å². The normalized spacial score (nSPS) is 31.1. The predicted molar refractivity (Wildman–Crippen MR) is 60.5 cm³/mol. The Hall–Kier alpha value is -1.52. The van der Waals surface area contributed by atoms with Crippen molar-refractivity contribution in [1.29, 1.82) is 0 Å². The Morgan fingerprint density at radius 3 is 2.82 bits per heavy atom. The number of hydrogen-bond acceptors (Lipinski definition) is 3. The van der Waals surface area contributed by atoms with Crippen LogP contribution in [0.25, 0.3) is 0 Å². The van der Waals surface area contributed by atoms with E-state index in [2.05, 4.69) is 6.58 Å². The Morgan fingerprint density at radius 1 is 1.47 bits per heavy atom. The lowest BCUT2D eigenvalue weighted by atomic mass is 9.73. The zero-order valence-electron chi connectivity index (χ0n) is 9.67. The lowest BCUT2D eigenvalue weighted by Gasteiger charge is -2.47. The number of piperidine rings is 2. The van der Waals surface area contributed by atoms with Crippen LogP contribution in [0.1, 0.15) is 19.3 Å². The van der Waals surface area contributed by atoms with Crippen molar-refractivity contribution in [3.8, 4) is 0 Å². The molecule has 1 aliphatic carbocycles. The number of hydrogen-bond donors (Lipinski definition) is 1. The molecule has 0 radical (unpaired) electrons. The summed E-state index contributed by atoms with van der Waals surface area (Å²) < 4.78 is 4.99. The van der Waals surface area contributed by atoms with E-state index in [1.54, 1.807) is 4.90 Å². The first-order valence-electron chi connectivity index (χ1n) is 5.90. The highest BCUT2D eigenvalue weighted by Gasteiger charge is 2.46. The molecule has 1 amide bonds. The lowest BCUT2D eigenvalue weighted by Crippen LogP contribution is -2.57. The summed E-state index contributed by atoms with van der Waals surface area (Å²) in [5.41, 5.74) is 0. The standard InChI is InChI=1S/C12H17NO4/c1-2-5-17-12(16)13-7-8-3-4-10(13)9(6-8)11(14)15/h2,8-10H,1,3-7H2,(H,14,15)/t8-,9-,10+/m1/s1. The molecule has 0 spiro atoms. The first-order valence-corrected chi connectivity index (χ1v) is 5.90. The molecule has 0 aromatic carbocycles. The van der Waals surface area contributed by atoms with Gasteiger partial charge in [0.2, 0.25) is 0 Å². The molecule has 3 aliphatic rings. The Bertz CT molecular complexity index is 341. The van der Waals surface area contributed by atoms with Gasteiger partial charge in [0.1, 0.15) is 6.61 Å². The Morgan fingerprint density at radius 2 is 2.24 bits per heavy atom. The van der Waals surface area contributed by atoms with Gasteiger partial charge in [-0.05, 0) is 25.2 Å². The van der Waals surface area contributed by atoms with E-state index >= 15 is 0 Å². The van der Waals surface area contributed by atoms with Crippen LogP contribution in [0.5, 0.6) is 0 Å². The van der Waals surface area contributed by atoms with Gasteiger partial charge in [0, 0.05) is 12.6 Å². The number of aliphatic carboxylic acids is 1. The molecule has 0 unspecified atom stereocenters. The second-order valence-electron chi connectivity index (χ2n) is 4.71. The fourth-order valence-corrected chi connectivity index (χ4v) is 2.88. The Kier molecular flexibility index (Phi) is 3.36. The molecule has 2 heterocycles. The van der Waals surface area contributed by atoms with Crippen molar-refractivity contribution in [3.63, 3.8) is 0 Å². The molecule has 17 heavy (non-hydrogen) atoms. The molecule has 1 N–H and O–H groups in total. The summed E-state index contributed by atoms with van der Waals surface area (Å²) in [7, 11) is 0. The highest BCUT2D eigenvalue weighted by molar-refractivity contribution is 5.74. The van der Waals surface area contributed by atoms with E-state index < -0.39 is 18.0 Å². The number of nitrogens with zero attached hydrogens (tertiary/aromatic N) is 1. The molecular formula is C12H17NO4. The largest absolute Gasteiger partial charge is 0.481 e. The van der Waals surface area contributed by atoms with Crippen molar-refractivity contribution in [1.82, 2.24) is 4.90 Å². The smallest absolute Gasteiger partial charge is 0.410 e. The summed E-state index contributed by atoms with van der Waals surface area (Å²) in [6, 6.07) is -0.199. The molecule has 1 saturated carbocycles. The number of carboxylic acids is 1. The molecule has 5 heteroatoms. The zero-order valence-corrected chi connectivity index (χ0v) is 9.67. The van der Waals surface area contributed by atoms with E-state index in [4.69, 9.17) is 9.84 Å². The number of ether oxygens (including phenoxy) is 1. The molecule has 2 saturated heterocycles. The predicted octanol–water partition coefficient (Wildman–Crippen LogP) is 1.49. The van der Waals surface area contributed by atoms with E-state index in [-0.39, 0.29) is 12.6 Å². The van der Waals surface area contributed by atoms with Gasteiger partial charge >= 0.3 is 12.1 Å².